The predicted molar refractivity (Wildman–Crippen MR) is 91.2 cm³/mol. The van der Waals surface area contributed by atoms with Crippen LogP contribution in [-0.2, 0) is 9.59 Å². The summed E-state index contributed by atoms with van der Waals surface area (Å²) in [5.41, 5.74) is 2.70. The van der Waals surface area contributed by atoms with E-state index in [-0.39, 0.29) is 5.92 Å². The molecule has 0 aromatic heterocycles. The Morgan fingerprint density at radius 1 is 1.26 bits per heavy atom. The summed E-state index contributed by atoms with van der Waals surface area (Å²) in [5.74, 6) is -0.933. The van der Waals surface area contributed by atoms with Crippen molar-refractivity contribution in [3.05, 3.63) is 27.7 Å². The van der Waals surface area contributed by atoms with Crippen molar-refractivity contribution in [3.63, 3.8) is 0 Å². The maximum atomic E-state index is 11.5. The molecule has 0 aliphatic heterocycles. The van der Waals surface area contributed by atoms with E-state index in [4.69, 9.17) is 27.9 Å². The molecule has 2 amide bonds. The fourth-order valence-corrected chi connectivity index (χ4v) is 2.14. The predicted octanol–water partition coefficient (Wildman–Crippen LogP) is 2.61. The second-order valence-electron chi connectivity index (χ2n) is 5.05. The number of hydrogen-bond acceptors (Lipinski definition) is 4. The van der Waals surface area contributed by atoms with Crippen LogP contribution in [0.25, 0.3) is 0 Å². The van der Waals surface area contributed by atoms with E-state index in [1.54, 1.807) is 12.1 Å². The van der Waals surface area contributed by atoms with E-state index >= 15 is 0 Å². The van der Waals surface area contributed by atoms with Crippen molar-refractivity contribution in [1.82, 2.24) is 10.7 Å². The molecule has 0 fully saturated rings. The smallest absolute Gasteiger partial charge is 0.329 e. The molecule has 2 N–H and O–H groups in total. The number of rotatable bonds is 6. The van der Waals surface area contributed by atoms with E-state index in [1.807, 2.05) is 20.8 Å². The molecule has 0 saturated heterocycles. The Hall–Kier alpha value is -1.79. The number of nitrogens with zero attached hydrogens (tertiary/aromatic N) is 1. The summed E-state index contributed by atoms with van der Waals surface area (Å²) in [6.45, 7) is 6.53. The largest absolute Gasteiger partial charge is 0.491 e. The summed E-state index contributed by atoms with van der Waals surface area (Å²) in [7, 11) is 0. The first-order chi connectivity index (χ1) is 10.8. The second-order valence-corrected chi connectivity index (χ2v) is 5.86. The third-order valence-electron chi connectivity index (χ3n) is 2.57. The van der Waals surface area contributed by atoms with Gasteiger partial charge in [-0.05, 0) is 30.5 Å². The Kier molecular flexibility index (Phi) is 7.85. The number of carbonyl (C=O) groups is 2. The van der Waals surface area contributed by atoms with Crippen molar-refractivity contribution in [3.8, 4) is 5.75 Å². The van der Waals surface area contributed by atoms with Gasteiger partial charge in [-0.2, -0.15) is 5.10 Å². The average Bonchev–Trinajstić information content (AvgIpc) is 2.48. The van der Waals surface area contributed by atoms with Gasteiger partial charge in [-0.15, -0.1) is 0 Å². The zero-order chi connectivity index (χ0) is 17.4. The van der Waals surface area contributed by atoms with Gasteiger partial charge in [-0.1, -0.05) is 37.0 Å². The Balaban J connectivity index is 2.64. The second kappa shape index (κ2) is 9.37. The molecule has 0 aliphatic rings. The lowest BCUT2D eigenvalue weighted by Crippen LogP contribution is -2.39. The summed E-state index contributed by atoms with van der Waals surface area (Å²) in [6, 6.07) is 3.18. The zero-order valence-corrected chi connectivity index (χ0v) is 14.7. The van der Waals surface area contributed by atoms with Gasteiger partial charge in [0.2, 0.25) is 0 Å². The summed E-state index contributed by atoms with van der Waals surface area (Å²) < 4.78 is 5.31. The summed E-state index contributed by atoms with van der Waals surface area (Å²) in [5, 5.41) is 6.86. The van der Waals surface area contributed by atoms with Crippen LogP contribution in [0.4, 0.5) is 0 Å². The minimum atomic E-state index is -0.843. The van der Waals surface area contributed by atoms with Crippen molar-refractivity contribution in [2.24, 2.45) is 11.0 Å². The molecule has 0 unspecified atom stereocenters. The fourth-order valence-electron chi connectivity index (χ4n) is 1.53. The molecule has 6 nitrogen and oxygen atoms in total. The number of ether oxygens (including phenoxy) is 1. The minimum absolute atomic E-state index is 0.253. The number of carbonyl (C=O) groups excluding carboxylic acids is 2. The first kappa shape index (κ1) is 19.3. The molecule has 23 heavy (non-hydrogen) atoms. The molecule has 1 rings (SSSR count). The van der Waals surface area contributed by atoms with Gasteiger partial charge in [0.25, 0.3) is 0 Å². The maximum Gasteiger partial charge on any atom is 0.329 e. The first-order valence-electron chi connectivity index (χ1n) is 7.08. The van der Waals surface area contributed by atoms with Crippen LogP contribution in [0.3, 0.4) is 0 Å². The van der Waals surface area contributed by atoms with Crippen LogP contribution >= 0.6 is 23.2 Å². The highest BCUT2D eigenvalue weighted by Gasteiger charge is 2.12. The average molecular weight is 360 g/mol. The molecule has 8 heteroatoms. The lowest BCUT2D eigenvalue weighted by atomic mass is 10.2. The molecular formula is C15H19Cl2N3O3. The number of benzene rings is 1. The van der Waals surface area contributed by atoms with E-state index in [0.717, 1.165) is 0 Å². The lowest BCUT2D eigenvalue weighted by Gasteiger charge is -2.08. The van der Waals surface area contributed by atoms with Gasteiger partial charge in [-0.3, -0.25) is 9.59 Å². The molecule has 1 aromatic rings. The normalized spacial score (nSPS) is 10.9. The third-order valence-corrected chi connectivity index (χ3v) is 3.13. The van der Waals surface area contributed by atoms with Crippen molar-refractivity contribution >= 4 is 41.2 Å². The molecule has 0 saturated carbocycles. The monoisotopic (exact) mass is 359 g/mol. The standard InChI is InChI=1S/C15H19Cl2N3O3/c1-4-23-13-11(16)5-10(6-12(13)17)8-19-20-15(22)14(21)18-7-9(2)3/h5-6,8-9H,4,7H2,1-3H3,(H,18,21)(H,20,22)/b19-8-. The maximum absolute atomic E-state index is 11.5. The topological polar surface area (TPSA) is 79.8 Å². The summed E-state index contributed by atoms with van der Waals surface area (Å²) in [6.07, 6.45) is 1.33. The number of amides is 2. The molecule has 0 spiro atoms. The quantitative estimate of drug-likeness (QED) is 0.465. The molecule has 0 heterocycles. The van der Waals surface area contributed by atoms with Crippen molar-refractivity contribution in [2.75, 3.05) is 13.2 Å². The number of hydrazone groups is 1. The fraction of sp³-hybridized carbons (Fsp3) is 0.400. The van der Waals surface area contributed by atoms with Crippen molar-refractivity contribution in [1.29, 1.82) is 0 Å². The lowest BCUT2D eigenvalue weighted by molar-refractivity contribution is -0.139. The third kappa shape index (κ3) is 6.46. The van der Waals surface area contributed by atoms with Crippen LogP contribution in [0.1, 0.15) is 26.3 Å². The van der Waals surface area contributed by atoms with Crippen LogP contribution in [0.15, 0.2) is 17.2 Å². The summed E-state index contributed by atoms with van der Waals surface area (Å²) in [4.78, 5) is 23.0. The zero-order valence-electron chi connectivity index (χ0n) is 13.2. The van der Waals surface area contributed by atoms with E-state index < -0.39 is 11.8 Å². The molecule has 1 aromatic carbocycles. The van der Waals surface area contributed by atoms with Gasteiger partial charge in [0, 0.05) is 6.54 Å². The van der Waals surface area contributed by atoms with Gasteiger partial charge in [0.05, 0.1) is 22.9 Å². The van der Waals surface area contributed by atoms with E-state index in [0.29, 0.717) is 34.5 Å². The van der Waals surface area contributed by atoms with Crippen molar-refractivity contribution < 1.29 is 14.3 Å². The molecular weight excluding hydrogens is 341 g/mol. The van der Waals surface area contributed by atoms with Gasteiger partial charge in [0.15, 0.2) is 5.75 Å². The Labute approximate surface area is 145 Å². The SMILES string of the molecule is CCOc1c(Cl)cc(/C=N\NC(=O)C(=O)NCC(C)C)cc1Cl. The molecule has 126 valence electrons. The van der Waals surface area contributed by atoms with Gasteiger partial charge in [0.1, 0.15) is 0 Å². The van der Waals surface area contributed by atoms with Crippen LogP contribution in [0, 0.1) is 5.92 Å². The van der Waals surface area contributed by atoms with E-state index in [1.165, 1.54) is 6.21 Å². The van der Waals surface area contributed by atoms with Gasteiger partial charge >= 0.3 is 11.8 Å². The molecule has 0 radical (unpaired) electrons. The van der Waals surface area contributed by atoms with Crippen LogP contribution < -0.4 is 15.5 Å². The minimum Gasteiger partial charge on any atom is -0.491 e. The molecule has 0 bridgehead atoms. The highest BCUT2D eigenvalue weighted by atomic mass is 35.5. The Bertz CT molecular complexity index is 581. The van der Waals surface area contributed by atoms with Crippen molar-refractivity contribution in [2.45, 2.75) is 20.8 Å². The number of nitrogens with one attached hydrogen (secondary N) is 2. The van der Waals surface area contributed by atoms with Crippen LogP contribution in [-0.4, -0.2) is 31.2 Å². The number of halogens is 2. The molecule has 0 atom stereocenters. The first-order valence-corrected chi connectivity index (χ1v) is 7.83. The Morgan fingerprint density at radius 3 is 2.39 bits per heavy atom. The van der Waals surface area contributed by atoms with E-state index in [9.17, 15) is 9.59 Å². The highest BCUT2D eigenvalue weighted by Crippen LogP contribution is 2.33. The van der Waals surface area contributed by atoms with Crippen LogP contribution in [0.2, 0.25) is 10.0 Å². The molecule has 0 aliphatic carbocycles. The van der Waals surface area contributed by atoms with Gasteiger partial charge in [-0.25, -0.2) is 5.43 Å². The Morgan fingerprint density at radius 2 is 1.87 bits per heavy atom. The summed E-state index contributed by atoms with van der Waals surface area (Å²) >= 11 is 12.1. The number of hydrogen-bond donors (Lipinski definition) is 2. The van der Waals surface area contributed by atoms with Crippen LogP contribution in [0.5, 0.6) is 5.75 Å². The van der Waals surface area contributed by atoms with E-state index in [2.05, 4.69) is 15.8 Å². The van der Waals surface area contributed by atoms with Gasteiger partial charge < -0.3 is 10.1 Å². The highest BCUT2D eigenvalue weighted by molar-refractivity contribution is 6.37.